The second kappa shape index (κ2) is 9.84. The average molecular weight is 299 g/mol. The van der Waals surface area contributed by atoms with Crippen molar-refractivity contribution in [1.82, 2.24) is 10.6 Å². The van der Waals surface area contributed by atoms with Crippen LogP contribution in [0.15, 0.2) is 0 Å². The van der Waals surface area contributed by atoms with E-state index >= 15 is 0 Å². The van der Waals surface area contributed by atoms with Gasteiger partial charge in [0.25, 0.3) is 0 Å². The van der Waals surface area contributed by atoms with Gasteiger partial charge < -0.3 is 15.4 Å². The fraction of sp³-hybridized carbons (Fsp3) is 0.917. The van der Waals surface area contributed by atoms with Crippen molar-refractivity contribution in [2.45, 2.75) is 50.7 Å². The summed E-state index contributed by atoms with van der Waals surface area (Å²) >= 11 is 0. The number of carbonyl (C=O) groups is 1. The molecule has 0 bridgehead atoms. The molecular formula is C12H24Cl2N2O2. The Bertz CT molecular complexity index is 230. The van der Waals surface area contributed by atoms with Crippen molar-refractivity contribution < 1.29 is 9.53 Å². The van der Waals surface area contributed by atoms with Crippen LogP contribution in [0.5, 0.6) is 0 Å². The zero-order valence-corrected chi connectivity index (χ0v) is 12.3. The number of rotatable bonds is 4. The van der Waals surface area contributed by atoms with Gasteiger partial charge in [-0.05, 0) is 51.6 Å². The minimum Gasteiger partial charge on any atom is -0.461 e. The monoisotopic (exact) mass is 298 g/mol. The normalized spacial score (nSPS) is 20.9. The van der Waals surface area contributed by atoms with Crippen molar-refractivity contribution in [3.05, 3.63) is 0 Å². The molecule has 1 aliphatic heterocycles. The van der Waals surface area contributed by atoms with Crippen molar-refractivity contribution in [3.8, 4) is 0 Å². The van der Waals surface area contributed by atoms with Crippen molar-refractivity contribution in [2.24, 2.45) is 0 Å². The highest BCUT2D eigenvalue weighted by molar-refractivity contribution is 5.85. The molecule has 4 nitrogen and oxygen atoms in total. The first kappa shape index (κ1) is 18.0. The zero-order chi connectivity index (χ0) is 11.2. The number of piperidine rings is 1. The number of carbonyl (C=O) groups excluding carboxylic acids is 1. The second-order valence-electron chi connectivity index (χ2n) is 4.80. The van der Waals surface area contributed by atoms with E-state index in [0.29, 0.717) is 12.6 Å². The van der Waals surface area contributed by atoms with E-state index in [1.807, 2.05) is 0 Å². The summed E-state index contributed by atoms with van der Waals surface area (Å²) < 4.78 is 5.39. The van der Waals surface area contributed by atoms with E-state index in [2.05, 4.69) is 10.6 Å². The largest absolute Gasteiger partial charge is 0.461 e. The molecule has 0 spiro atoms. The molecule has 2 rings (SSSR count). The maximum absolute atomic E-state index is 11.5. The summed E-state index contributed by atoms with van der Waals surface area (Å²) in [5.41, 5.74) is 0. The highest BCUT2D eigenvalue weighted by Gasteiger charge is 2.20. The molecule has 0 amide bonds. The molecule has 0 aromatic rings. The topological polar surface area (TPSA) is 50.4 Å². The van der Waals surface area contributed by atoms with E-state index in [4.69, 9.17) is 4.74 Å². The summed E-state index contributed by atoms with van der Waals surface area (Å²) in [4.78, 5) is 11.5. The van der Waals surface area contributed by atoms with Crippen molar-refractivity contribution in [3.63, 3.8) is 0 Å². The van der Waals surface area contributed by atoms with Crippen LogP contribution in [0.3, 0.4) is 0 Å². The van der Waals surface area contributed by atoms with Crippen LogP contribution < -0.4 is 10.6 Å². The van der Waals surface area contributed by atoms with Gasteiger partial charge in [0.05, 0.1) is 6.54 Å². The van der Waals surface area contributed by atoms with Crippen molar-refractivity contribution in [1.29, 1.82) is 0 Å². The van der Waals surface area contributed by atoms with Gasteiger partial charge >= 0.3 is 5.97 Å². The van der Waals surface area contributed by atoms with Gasteiger partial charge in [-0.1, -0.05) is 0 Å². The lowest BCUT2D eigenvalue weighted by atomic mass is 10.1. The number of nitrogens with one attached hydrogen (secondary N) is 2. The van der Waals surface area contributed by atoms with Gasteiger partial charge in [0.2, 0.25) is 0 Å². The Morgan fingerprint density at radius 3 is 2.33 bits per heavy atom. The van der Waals surface area contributed by atoms with Gasteiger partial charge in [-0.3, -0.25) is 4.79 Å². The first-order valence-electron chi connectivity index (χ1n) is 6.48. The van der Waals surface area contributed by atoms with Crippen molar-refractivity contribution >= 4 is 30.8 Å². The van der Waals surface area contributed by atoms with Gasteiger partial charge in [0.1, 0.15) is 6.10 Å². The Balaban J connectivity index is 0.00000144. The maximum atomic E-state index is 11.5. The molecule has 2 aliphatic rings. The molecular weight excluding hydrogens is 275 g/mol. The van der Waals surface area contributed by atoms with Gasteiger partial charge in [-0.15, -0.1) is 24.8 Å². The molecule has 1 aliphatic carbocycles. The quantitative estimate of drug-likeness (QED) is 0.775. The molecule has 18 heavy (non-hydrogen) atoms. The van der Waals surface area contributed by atoms with Crippen molar-refractivity contribution in [2.75, 3.05) is 19.6 Å². The van der Waals surface area contributed by atoms with Crippen LogP contribution in [0.1, 0.15) is 38.5 Å². The molecule has 2 fully saturated rings. The summed E-state index contributed by atoms with van der Waals surface area (Å²) in [6.45, 7) is 2.48. The fourth-order valence-corrected chi connectivity index (χ4v) is 2.49. The van der Waals surface area contributed by atoms with E-state index in [1.165, 1.54) is 12.8 Å². The third kappa shape index (κ3) is 6.23. The molecule has 0 radical (unpaired) electrons. The van der Waals surface area contributed by atoms with Gasteiger partial charge in [-0.2, -0.15) is 0 Å². The lowest BCUT2D eigenvalue weighted by molar-refractivity contribution is -0.147. The molecule has 0 aromatic carbocycles. The summed E-state index contributed by atoms with van der Waals surface area (Å²) in [5, 5.41) is 6.59. The fourth-order valence-electron chi connectivity index (χ4n) is 2.49. The van der Waals surface area contributed by atoms with Gasteiger partial charge in [0, 0.05) is 6.04 Å². The molecule has 1 heterocycles. The van der Waals surface area contributed by atoms with E-state index < -0.39 is 0 Å². The smallest absolute Gasteiger partial charge is 0.320 e. The summed E-state index contributed by atoms with van der Waals surface area (Å²) in [7, 11) is 0. The molecule has 108 valence electrons. The summed E-state index contributed by atoms with van der Waals surface area (Å²) in [5.74, 6) is -0.0783. The van der Waals surface area contributed by atoms with Crippen LogP contribution in [-0.4, -0.2) is 37.7 Å². The number of esters is 1. The molecule has 0 atom stereocenters. The predicted molar refractivity (Wildman–Crippen MR) is 76.7 cm³/mol. The number of halogens is 2. The summed E-state index contributed by atoms with van der Waals surface area (Å²) in [6.07, 6.45) is 6.94. The summed E-state index contributed by atoms with van der Waals surface area (Å²) in [6, 6.07) is 0.484. The lowest BCUT2D eigenvalue weighted by Gasteiger charge is -2.23. The Hall–Kier alpha value is -0.0300. The Kier molecular flexibility index (Phi) is 9.83. The highest BCUT2D eigenvalue weighted by atomic mass is 35.5. The third-order valence-electron chi connectivity index (χ3n) is 3.47. The van der Waals surface area contributed by atoms with Crippen LogP contribution >= 0.6 is 24.8 Å². The highest BCUT2D eigenvalue weighted by Crippen LogP contribution is 2.20. The first-order chi connectivity index (χ1) is 7.84. The lowest BCUT2D eigenvalue weighted by Crippen LogP contribution is -2.42. The Morgan fingerprint density at radius 2 is 1.72 bits per heavy atom. The van der Waals surface area contributed by atoms with E-state index in [0.717, 1.165) is 38.8 Å². The molecule has 0 unspecified atom stereocenters. The Morgan fingerprint density at radius 1 is 1.11 bits per heavy atom. The SMILES string of the molecule is Cl.Cl.O=C(CNC1CCNCC1)OC1CCCC1. The van der Waals surface area contributed by atoms with Crippen LogP contribution in [0.4, 0.5) is 0 Å². The van der Waals surface area contributed by atoms with E-state index in [1.54, 1.807) is 0 Å². The number of hydrogen-bond acceptors (Lipinski definition) is 4. The standard InChI is InChI=1S/C12H22N2O2.2ClH/c15-12(16-11-3-1-2-4-11)9-14-10-5-7-13-8-6-10;;/h10-11,13-14H,1-9H2;2*1H. The maximum Gasteiger partial charge on any atom is 0.320 e. The number of ether oxygens (including phenoxy) is 1. The average Bonchev–Trinajstić information content (AvgIpc) is 2.81. The molecule has 1 saturated heterocycles. The van der Waals surface area contributed by atoms with Gasteiger partial charge in [0.15, 0.2) is 0 Å². The minimum atomic E-state index is -0.0783. The van der Waals surface area contributed by atoms with E-state index in [-0.39, 0.29) is 36.9 Å². The third-order valence-corrected chi connectivity index (χ3v) is 3.47. The van der Waals surface area contributed by atoms with E-state index in [9.17, 15) is 4.79 Å². The van der Waals surface area contributed by atoms with Crippen LogP contribution in [0.2, 0.25) is 0 Å². The van der Waals surface area contributed by atoms with Crippen LogP contribution in [0, 0.1) is 0 Å². The predicted octanol–water partition coefficient (Wildman–Crippen LogP) is 1.66. The number of hydrogen-bond donors (Lipinski definition) is 2. The molecule has 1 saturated carbocycles. The first-order valence-corrected chi connectivity index (χ1v) is 6.48. The van der Waals surface area contributed by atoms with Crippen LogP contribution in [0.25, 0.3) is 0 Å². The second-order valence-corrected chi connectivity index (χ2v) is 4.80. The Labute approximate surface area is 121 Å². The van der Waals surface area contributed by atoms with Crippen LogP contribution in [-0.2, 0) is 9.53 Å². The molecule has 0 aromatic heterocycles. The minimum absolute atomic E-state index is 0. The van der Waals surface area contributed by atoms with Gasteiger partial charge in [-0.25, -0.2) is 0 Å². The zero-order valence-electron chi connectivity index (χ0n) is 10.7. The molecule has 6 heteroatoms. The molecule has 2 N–H and O–H groups in total.